The highest BCUT2D eigenvalue weighted by atomic mass is 16.5. The van der Waals surface area contributed by atoms with Crippen LogP contribution in [0.2, 0.25) is 0 Å². The van der Waals surface area contributed by atoms with Crippen LogP contribution in [0.25, 0.3) is 0 Å². The van der Waals surface area contributed by atoms with E-state index >= 15 is 0 Å². The summed E-state index contributed by atoms with van der Waals surface area (Å²) in [6, 6.07) is 8.33. The quantitative estimate of drug-likeness (QED) is 0.599. The maximum absolute atomic E-state index is 5.66. The SMILES string of the molecule is CCOc1ccc(C(CC2CCOC2)NN)cc1. The van der Waals surface area contributed by atoms with E-state index < -0.39 is 0 Å². The normalized spacial score (nSPS) is 20.9. The van der Waals surface area contributed by atoms with Gasteiger partial charge in [0.2, 0.25) is 0 Å². The summed E-state index contributed by atoms with van der Waals surface area (Å²) in [5.74, 6) is 7.17. The fraction of sp³-hybridized carbons (Fsp3) is 0.571. The highest BCUT2D eigenvalue weighted by Gasteiger charge is 2.21. The van der Waals surface area contributed by atoms with Crippen molar-refractivity contribution >= 4 is 0 Å². The number of ether oxygens (including phenoxy) is 2. The summed E-state index contributed by atoms with van der Waals surface area (Å²) in [5, 5.41) is 0. The third kappa shape index (κ3) is 3.45. The topological polar surface area (TPSA) is 56.5 Å². The van der Waals surface area contributed by atoms with Gasteiger partial charge in [-0.3, -0.25) is 11.3 Å². The smallest absolute Gasteiger partial charge is 0.119 e. The summed E-state index contributed by atoms with van der Waals surface area (Å²) in [4.78, 5) is 0. The van der Waals surface area contributed by atoms with E-state index in [1.807, 2.05) is 19.1 Å². The summed E-state index contributed by atoms with van der Waals surface area (Å²) in [6.45, 7) is 4.41. The zero-order valence-electron chi connectivity index (χ0n) is 10.9. The molecule has 4 nitrogen and oxygen atoms in total. The molecule has 3 N–H and O–H groups in total. The Morgan fingerprint density at radius 2 is 2.22 bits per heavy atom. The van der Waals surface area contributed by atoms with E-state index in [2.05, 4.69) is 17.6 Å². The lowest BCUT2D eigenvalue weighted by Crippen LogP contribution is -2.29. The highest BCUT2D eigenvalue weighted by Crippen LogP contribution is 2.27. The van der Waals surface area contributed by atoms with Crippen molar-refractivity contribution < 1.29 is 9.47 Å². The van der Waals surface area contributed by atoms with E-state index in [1.54, 1.807) is 0 Å². The molecule has 0 bridgehead atoms. The molecule has 0 aliphatic carbocycles. The van der Waals surface area contributed by atoms with Gasteiger partial charge in [-0.05, 0) is 43.4 Å². The Morgan fingerprint density at radius 1 is 1.44 bits per heavy atom. The first-order chi connectivity index (χ1) is 8.83. The maximum atomic E-state index is 5.66. The van der Waals surface area contributed by atoms with Crippen molar-refractivity contribution in [1.82, 2.24) is 5.43 Å². The number of nitrogens with one attached hydrogen (secondary N) is 1. The van der Waals surface area contributed by atoms with E-state index in [9.17, 15) is 0 Å². The van der Waals surface area contributed by atoms with Gasteiger partial charge in [-0.15, -0.1) is 0 Å². The molecule has 1 aromatic carbocycles. The van der Waals surface area contributed by atoms with Crippen molar-refractivity contribution in [3.63, 3.8) is 0 Å². The van der Waals surface area contributed by atoms with Crippen LogP contribution in [0, 0.1) is 5.92 Å². The average molecular weight is 250 g/mol. The van der Waals surface area contributed by atoms with Crippen LogP contribution in [0.15, 0.2) is 24.3 Å². The monoisotopic (exact) mass is 250 g/mol. The standard InChI is InChI=1S/C14H22N2O2/c1-2-18-13-5-3-12(4-6-13)14(16-15)9-11-7-8-17-10-11/h3-6,11,14,16H,2,7-10,15H2,1H3. The lowest BCUT2D eigenvalue weighted by molar-refractivity contribution is 0.181. The van der Waals surface area contributed by atoms with Crippen LogP contribution in [0.1, 0.15) is 31.4 Å². The van der Waals surface area contributed by atoms with E-state index in [0.29, 0.717) is 12.5 Å². The molecule has 100 valence electrons. The molecular formula is C14H22N2O2. The van der Waals surface area contributed by atoms with Crippen LogP contribution in [-0.2, 0) is 4.74 Å². The molecule has 1 aliphatic heterocycles. The van der Waals surface area contributed by atoms with Crippen LogP contribution in [0.4, 0.5) is 0 Å². The number of hydrogen-bond acceptors (Lipinski definition) is 4. The van der Waals surface area contributed by atoms with E-state index in [0.717, 1.165) is 31.8 Å². The zero-order valence-corrected chi connectivity index (χ0v) is 10.9. The summed E-state index contributed by atoms with van der Waals surface area (Å²) >= 11 is 0. The first-order valence-corrected chi connectivity index (χ1v) is 6.60. The number of hydrazine groups is 1. The number of benzene rings is 1. The molecule has 1 aromatic rings. The minimum absolute atomic E-state index is 0.187. The Morgan fingerprint density at radius 3 is 2.78 bits per heavy atom. The van der Waals surface area contributed by atoms with E-state index in [-0.39, 0.29) is 6.04 Å². The van der Waals surface area contributed by atoms with Gasteiger partial charge < -0.3 is 9.47 Å². The van der Waals surface area contributed by atoms with Gasteiger partial charge in [0, 0.05) is 19.3 Å². The van der Waals surface area contributed by atoms with Gasteiger partial charge in [0.1, 0.15) is 5.75 Å². The molecule has 0 aromatic heterocycles. The van der Waals surface area contributed by atoms with Gasteiger partial charge >= 0.3 is 0 Å². The molecule has 2 unspecified atom stereocenters. The first kappa shape index (κ1) is 13.3. The molecule has 1 saturated heterocycles. The largest absolute Gasteiger partial charge is 0.494 e. The molecule has 0 amide bonds. The first-order valence-electron chi connectivity index (χ1n) is 6.60. The third-order valence-electron chi connectivity index (χ3n) is 3.39. The van der Waals surface area contributed by atoms with Gasteiger partial charge in [0.05, 0.1) is 6.61 Å². The summed E-state index contributed by atoms with van der Waals surface area (Å²) in [7, 11) is 0. The lowest BCUT2D eigenvalue weighted by Gasteiger charge is -2.19. The molecular weight excluding hydrogens is 228 g/mol. The van der Waals surface area contributed by atoms with Crippen molar-refractivity contribution in [2.75, 3.05) is 19.8 Å². The van der Waals surface area contributed by atoms with Crippen molar-refractivity contribution in [3.8, 4) is 5.75 Å². The fourth-order valence-electron chi connectivity index (χ4n) is 2.37. The molecule has 0 radical (unpaired) electrons. The molecule has 2 rings (SSSR count). The van der Waals surface area contributed by atoms with Crippen molar-refractivity contribution in [2.24, 2.45) is 11.8 Å². The second-order valence-electron chi connectivity index (χ2n) is 4.69. The van der Waals surface area contributed by atoms with Crippen LogP contribution < -0.4 is 16.0 Å². The van der Waals surface area contributed by atoms with Crippen molar-refractivity contribution in [1.29, 1.82) is 0 Å². The Bertz CT molecular complexity index is 347. The van der Waals surface area contributed by atoms with Gasteiger partial charge in [-0.25, -0.2) is 0 Å². The van der Waals surface area contributed by atoms with Crippen LogP contribution in [-0.4, -0.2) is 19.8 Å². The minimum Gasteiger partial charge on any atom is -0.494 e. The third-order valence-corrected chi connectivity index (χ3v) is 3.39. The zero-order chi connectivity index (χ0) is 12.8. The Hall–Kier alpha value is -1.10. The van der Waals surface area contributed by atoms with E-state index in [4.69, 9.17) is 15.3 Å². The van der Waals surface area contributed by atoms with Gasteiger partial charge in [0.25, 0.3) is 0 Å². The van der Waals surface area contributed by atoms with E-state index in [1.165, 1.54) is 5.56 Å². The average Bonchev–Trinajstić information content (AvgIpc) is 2.90. The van der Waals surface area contributed by atoms with Gasteiger partial charge in [-0.2, -0.15) is 0 Å². The summed E-state index contributed by atoms with van der Waals surface area (Å²) < 4.78 is 10.8. The molecule has 0 saturated carbocycles. The highest BCUT2D eigenvalue weighted by molar-refractivity contribution is 5.29. The number of rotatable bonds is 6. The Labute approximate surface area is 108 Å². The van der Waals surface area contributed by atoms with Crippen LogP contribution in [0.3, 0.4) is 0 Å². The molecule has 4 heteroatoms. The number of nitrogens with two attached hydrogens (primary N) is 1. The Kier molecular flexibility index (Phi) is 4.99. The fourth-order valence-corrected chi connectivity index (χ4v) is 2.37. The van der Waals surface area contributed by atoms with Crippen molar-refractivity contribution in [3.05, 3.63) is 29.8 Å². The molecule has 2 atom stereocenters. The number of hydrogen-bond donors (Lipinski definition) is 2. The second kappa shape index (κ2) is 6.73. The predicted octanol–water partition coefficient (Wildman–Crippen LogP) is 2.02. The summed E-state index contributed by atoms with van der Waals surface area (Å²) in [6.07, 6.45) is 2.15. The molecule has 1 fully saturated rings. The Balaban J connectivity index is 1.97. The minimum atomic E-state index is 0.187. The molecule has 1 aliphatic rings. The van der Waals surface area contributed by atoms with Crippen LogP contribution in [0.5, 0.6) is 5.75 Å². The summed E-state index contributed by atoms with van der Waals surface area (Å²) in [5.41, 5.74) is 4.10. The molecule has 18 heavy (non-hydrogen) atoms. The van der Waals surface area contributed by atoms with Crippen LogP contribution >= 0.6 is 0 Å². The molecule has 0 spiro atoms. The molecule has 1 heterocycles. The second-order valence-corrected chi connectivity index (χ2v) is 4.69. The van der Waals surface area contributed by atoms with Crippen molar-refractivity contribution in [2.45, 2.75) is 25.8 Å². The predicted molar refractivity (Wildman–Crippen MR) is 71.2 cm³/mol. The lowest BCUT2D eigenvalue weighted by atomic mass is 9.94. The van der Waals surface area contributed by atoms with Gasteiger partial charge in [0.15, 0.2) is 0 Å². The van der Waals surface area contributed by atoms with Gasteiger partial charge in [-0.1, -0.05) is 12.1 Å². The maximum Gasteiger partial charge on any atom is 0.119 e.